The van der Waals surface area contributed by atoms with Gasteiger partial charge >= 0.3 is 0 Å². The summed E-state index contributed by atoms with van der Waals surface area (Å²) in [6, 6.07) is 5.95. The summed E-state index contributed by atoms with van der Waals surface area (Å²) in [6.45, 7) is 5.87. The number of aliphatic hydroxyl groups is 1. The molecule has 1 aromatic carbocycles. The van der Waals surface area contributed by atoms with Gasteiger partial charge in [-0.1, -0.05) is 6.07 Å². The van der Waals surface area contributed by atoms with Gasteiger partial charge in [0.25, 0.3) is 0 Å². The van der Waals surface area contributed by atoms with Crippen LogP contribution >= 0.6 is 0 Å². The van der Waals surface area contributed by atoms with Crippen molar-refractivity contribution in [2.24, 2.45) is 0 Å². The minimum Gasteiger partial charge on any atom is -0.496 e. The van der Waals surface area contributed by atoms with Crippen molar-refractivity contribution in [3.63, 3.8) is 0 Å². The van der Waals surface area contributed by atoms with Crippen molar-refractivity contribution >= 4 is 5.69 Å². The number of aliphatic hydroxyl groups excluding tert-OH is 1. The number of hydrogen-bond acceptors (Lipinski definition) is 4. The molecule has 0 saturated carbocycles. The summed E-state index contributed by atoms with van der Waals surface area (Å²) in [5.41, 5.74) is 1.99. The van der Waals surface area contributed by atoms with Gasteiger partial charge in [-0.15, -0.1) is 0 Å². The van der Waals surface area contributed by atoms with Crippen LogP contribution in [-0.2, 0) is 0 Å². The lowest BCUT2D eigenvalue weighted by Gasteiger charge is -2.35. The maximum atomic E-state index is 9.98. The Hall–Kier alpha value is -1.26. The lowest BCUT2D eigenvalue weighted by atomic mass is 10.0. The summed E-state index contributed by atoms with van der Waals surface area (Å²) >= 11 is 0. The minimum atomic E-state index is -0.518. The molecule has 1 fully saturated rings. The number of nitrogens with zero attached hydrogens (tertiary/aromatic N) is 2. The Balaban J connectivity index is 2.32. The van der Waals surface area contributed by atoms with Crippen LogP contribution in [0.25, 0.3) is 0 Å². The molecule has 0 aliphatic carbocycles. The van der Waals surface area contributed by atoms with Crippen LogP contribution in [0.1, 0.15) is 18.6 Å². The molecule has 0 amide bonds. The van der Waals surface area contributed by atoms with Crippen molar-refractivity contribution in [3.8, 4) is 5.75 Å². The highest BCUT2D eigenvalue weighted by Crippen LogP contribution is 2.34. The molecule has 4 nitrogen and oxygen atoms in total. The molecule has 1 aromatic rings. The number of rotatable bonds is 3. The molecule has 0 bridgehead atoms. The smallest absolute Gasteiger partial charge is 0.126 e. The van der Waals surface area contributed by atoms with Crippen molar-refractivity contribution in [2.45, 2.75) is 13.0 Å². The van der Waals surface area contributed by atoms with Crippen molar-refractivity contribution in [1.82, 2.24) is 4.90 Å². The van der Waals surface area contributed by atoms with E-state index in [1.54, 1.807) is 14.0 Å². The fourth-order valence-electron chi connectivity index (χ4n) is 2.45. The third-order valence-electron chi connectivity index (χ3n) is 3.52. The quantitative estimate of drug-likeness (QED) is 0.882. The SMILES string of the molecule is COc1cccc(N2CCN(C)CC2)c1C(C)O. The number of likely N-dealkylation sites (N-methyl/N-ethyl adjacent to an activating group) is 1. The standard InChI is InChI=1S/C14H22N2O2/c1-11(17)14-12(5-4-6-13(14)18-3)16-9-7-15(2)8-10-16/h4-6,11,17H,7-10H2,1-3H3. The molecule has 4 heteroatoms. The normalized spacial score (nSPS) is 18.8. The lowest BCUT2D eigenvalue weighted by Crippen LogP contribution is -2.44. The van der Waals surface area contributed by atoms with Gasteiger partial charge in [0.05, 0.1) is 13.2 Å². The highest BCUT2D eigenvalue weighted by Gasteiger charge is 2.21. The number of anilines is 1. The summed E-state index contributed by atoms with van der Waals surface area (Å²) in [5, 5.41) is 9.98. The first-order valence-electron chi connectivity index (χ1n) is 6.42. The molecule has 1 N–H and O–H groups in total. The first-order chi connectivity index (χ1) is 8.63. The second-order valence-electron chi connectivity index (χ2n) is 4.86. The van der Waals surface area contributed by atoms with Crippen LogP contribution < -0.4 is 9.64 Å². The first-order valence-corrected chi connectivity index (χ1v) is 6.42. The summed E-state index contributed by atoms with van der Waals surface area (Å²) in [4.78, 5) is 4.64. The van der Waals surface area contributed by atoms with E-state index >= 15 is 0 Å². The molecule has 100 valence electrons. The predicted octanol–water partition coefficient (Wildman–Crippen LogP) is 1.50. The Morgan fingerprint density at radius 2 is 1.89 bits per heavy atom. The predicted molar refractivity (Wildman–Crippen MR) is 73.3 cm³/mol. The highest BCUT2D eigenvalue weighted by atomic mass is 16.5. The molecular weight excluding hydrogens is 228 g/mol. The average molecular weight is 250 g/mol. The van der Waals surface area contributed by atoms with E-state index in [4.69, 9.17) is 4.74 Å². The largest absolute Gasteiger partial charge is 0.496 e. The average Bonchev–Trinajstić information content (AvgIpc) is 2.38. The van der Waals surface area contributed by atoms with Crippen LogP contribution in [0.15, 0.2) is 18.2 Å². The number of hydrogen-bond donors (Lipinski definition) is 1. The summed E-state index contributed by atoms with van der Waals surface area (Å²) < 4.78 is 5.36. The zero-order valence-corrected chi connectivity index (χ0v) is 11.4. The zero-order chi connectivity index (χ0) is 13.1. The summed E-state index contributed by atoms with van der Waals surface area (Å²) in [5.74, 6) is 0.765. The highest BCUT2D eigenvalue weighted by molar-refractivity contribution is 5.60. The van der Waals surface area contributed by atoms with Crippen LogP contribution in [0.4, 0.5) is 5.69 Å². The van der Waals surface area contributed by atoms with Gasteiger partial charge in [0.1, 0.15) is 5.75 Å². The molecule has 1 aliphatic rings. The Morgan fingerprint density at radius 1 is 1.22 bits per heavy atom. The number of ether oxygens (including phenoxy) is 1. The molecule has 0 radical (unpaired) electrons. The van der Waals surface area contributed by atoms with Crippen LogP contribution in [-0.4, -0.2) is 50.3 Å². The third kappa shape index (κ3) is 2.60. The van der Waals surface area contributed by atoms with Crippen LogP contribution in [0.5, 0.6) is 5.75 Å². The fourth-order valence-corrected chi connectivity index (χ4v) is 2.45. The molecule has 1 atom stereocenters. The Kier molecular flexibility index (Phi) is 4.09. The fraction of sp³-hybridized carbons (Fsp3) is 0.571. The Labute approximate surface area is 109 Å². The maximum Gasteiger partial charge on any atom is 0.126 e. The van der Waals surface area contributed by atoms with Gasteiger partial charge in [-0.25, -0.2) is 0 Å². The lowest BCUT2D eigenvalue weighted by molar-refractivity contribution is 0.194. The number of methoxy groups -OCH3 is 1. The third-order valence-corrected chi connectivity index (χ3v) is 3.52. The topological polar surface area (TPSA) is 35.9 Å². The van der Waals surface area contributed by atoms with Crippen LogP contribution in [0, 0.1) is 0 Å². The van der Waals surface area contributed by atoms with Gasteiger partial charge in [-0.2, -0.15) is 0 Å². The molecule has 18 heavy (non-hydrogen) atoms. The zero-order valence-electron chi connectivity index (χ0n) is 11.4. The van der Waals surface area contributed by atoms with Crippen molar-refractivity contribution in [2.75, 3.05) is 45.2 Å². The molecule has 0 aromatic heterocycles. The van der Waals surface area contributed by atoms with Gasteiger partial charge in [0.15, 0.2) is 0 Å². The molecular formula is C14H22N2O2. The maximum absolute atomic E-state index is 9.98. The van der Waals surface area contributed by atoms with Crippen LogP contribution in [0.3, 0.4) is 0 Å². The second-order valence-corrected chi connectivity index (χ2v) is 4.86. The van der Waals surface area contributed by atoms with Crippen molar-refractivity contribution in [1.29, 1.82) is 0 Å². The van der Waals surface area contributed by atoms with Gasteiger partial charge in [-0.05, 0) is 26.1 Å². The Bertz CT molecular complexity index is 399. The van der Waals surface area contributed by atoms with Gasteiger partial charge in [-0.3, -0.25) is 0 Å². The molecule has 1 heterocycles. The van der Waals surface area contributed by atoms with Crippen LogP contribution in [0.2, 0.25) is 0 Å². The van der Waals surface area contributed by atoms with E-state index < -0.39 is 6.10 Å². The van der Waals surface area contributed by atoms with E-state index in [0.717, 1.165) is 43.2 Å². The number of benzene rings is 1. The minimum absolute atomic E-state index is 0.518. The molecule has 1 unspecified atom stereocenters. The number of piperazine rings is 1. The van der Waals surface area contributed by atoms with E-state index in [9.17, 15) is 5.11 Å². The van der Waals surface area contributed by atoms with Gasteiger partial charge in [0.2, 0.25) is 0 Å². The molecule has 0 spiro atoms. The summed E-state index contributed by atoms with van der Waals surface area (Å²) in [7, 11) is 3.79. The van der Waals surface area contributed by atoms with E-state index in [1.807, 2.05) is 12.1 Å². The van der Waals surface area contributed by atoms with Gasteiger partial charge in [0, 0.05) is 37.4 Å². The van der Waals surface area contributed by atoms with Crippen molar-refractivity contribution in [3.05, 3.63) is 23.8 Å². The summed E-state index contributed by atoms with van der Waals surface area (Å²) in [6.07, 6.45) is -0.518. The Morgan fingerprint density at radius 3 is 2.44 bits per heavy atom. The van der Waals surface area contributed by atoms with E-state index in [-0.39, 0.29) is 0 Å². The van der Waals surface area contributed by atoms with E-state index in [2.05, 4.69) is 22.9 Å². The molecule has 2 rings (SSSR count). The van der Waals surface area contributed by atoms with Crippen molar-refractivity contribution < 1.29 is 9.84 Å². The molecule has 1 aliphatic heterocycles. The van der Waals surface area contributed by atoms with E-state index in [1.165, 1.54) is 0 Å². The second kappa shape index (κ2) is 5.59. The molecule has 1 saturated heterocycles. The first kappa shape index (κ1) is 13.2. The van der Waals surface area contributed by atoms with E-state index in [0.29, 0.717) is 0 Å². The van der Waals surface area contributed by atoms with Gasteiger partial charge < -0.3 is 19.6 Å². The monoisotopic (exact) mass is 250 g/mol.